The van der Waals surface area contributed by atoms with Crippen molar-refractivity contribution < 1.29 is 9.59 Å². The highest BCUT2D eigenvalue weighted by Gasteiger charge is 2.30. The highest BCUT2D eigenvalue weighted by atomic mass is 16.2. The molecular formula is C42H42N4O2. The molecule has 6 heteroatoms. The van der Waals surface area contributed by atoms with Gasteiger partial charge < -0.3 is 18.9 Å². The van der Waals surface area contributed by atoms with Crippen LogP contribution in [-0.2, 0) is 33.6 Å². The molecule has 242 valence electrons. The molecule has 2 aliphatic heterocycles. The van der Waals surface area contributed by atoms with Gasteiger partial charge in [-0.3, -0.25) is 9.59 Å². The van der Waals surface area contributed by atoms with Crippen molar-refractivity contribution in [3.05, 3.63) is 136 Å². The molecule has 0 bridgehead atoms. The van der Waals surface area contributed by atoms with Crippen molar-refractivity contribution in [1.82, 2.24) is 9.13 Å². The molecular weight excluding hydrogens is 592 g/mol. The molecule has 48 heavy (non-hydrogen) atoms. The molecule has 2 aliphatic rings. The Balaban J connectivity index is 0.000000152. The van der Waals surface area contributed by atoms with E-state index in [0.29, 0.717) is 19.0 Å². The first-order valence-electron chi connectivity index (χ1n) is 16.7. The Kier molecular flexibility index (Phi) is 8.04. The van der Waals surface area contributed by atoms with E-state index in [-0.39, 0.29) is 11.8 Å². The number of carbonyl (C=O) groups is 2. The number of amides is 2. The monoisotopic (exact) mass is 634 g/mol. The largest absolute Gasteiger partial charge is 0.351 e. The summed E-state index contributed by atoms with van der Waals surface area (Å²) in [7, 11) is 4.07. The third-order valence-electron chi connectivity index (χ3n) is 9.38. The average molecular weight is 635 g/mol. The molecule has 0 saturated heterocycles. The molecule has 8 rings (SSSR count). The molecule has 0 radical (unpaired) electrons. The van der Waals surface area contributed by atoms with Gasteiger partial charge in [0.2, 0.25) is 0 Å². The van der Waals surface area contributed by atoms with Gasteiger partial charge in [-0.15, -0.1) is 0 Å². The zero-order chi connectivity index (χ0) is 33.7. The van der Waals surface area contributed by atoms with E-state index >= 15 is 0 Å². The molecule has 4 aromatic carbocycles. The Morgan fingerprint density at radius 3 is 1.71 bits per heavy atom. The van der Waals surface area contributed by atoms with E-state index in [2.05, 4.69) is 110 Å². The van der Waals surface area contributed by atoms with Crippen molar-refractivity contribution in [3.8, 4) is 0 Å². The summed E-state index contributed by atoms with van der Waals surface area (Å²) in [5, 5.41) is 2.32. The number of anilines is 2. The maximum atomic E-state index is 12.9. The summed E-state index contributed by atoms with van der Waals surface area (Å²) in [6.07, 6.45) is 7.21. The molecule has 0 N–H and O–H groups in total. The molecule has 6 nitrogen and oxygen atoms in total. The van der Waals surface area contributed by atoms with Crippen LogP contribution in [0.25, 0.3) is 27.9 Å². The van der Waals surface area contributed by atoms with Crippen molar-refractivity contribution in [2.45, 2.75) is 47.2 Å². The highest BCUT2D eigenvalue weighted by Crippen LogP contribution is 2.33. The summed E-state index contributed by atoms with van der Waals surface area (Å²) in [6.45, 7) is 9.84. The predicted molar refractivity (Wildman–Crippen MR) is 198 cm³/mol. The van der Waals surface area contributed by atoms with Gasteiger partial charge in [-0.2, -0.15) is 0 Å². The van der Waals surface area contributed by atoms with Crippen LogP contribution in [0, 0.1) is 5.92 Å². The van der Waals surface area contributed by atoms with Gasteiger partial charge in [0, 0.05) is 70.8 Å². The van der Waals surface area contributed by atoms with E-state index in [1.165, 1.54) is 27.6 Å². The molecule has 0 unspecified atom stereocenters. The molecule has 0 aliphatic carbocycles. The smallest absolute Gasteiger partial charge is 0.258 e. The first kappa shape index (κ1) is 31.3. The van der Waals surface area contributed by atoms with Gasteiger partial charge in [-0.25, -0.2) is 0 Å². The van der Waals surface area contributed by atoms with Crippen LogP contribution >= 0.6 is 0 Å². The number of carbonyl (C=O) groups excluding carboxylic acids is 2. The Hall–Kier alpha value is -5.36. The molecule has 2 amide bonds. The van der Waals surface area contributed by atoms with Gasteiger partial charge >= 0.3 is 0 Å². The Labute approximate surface area is 282 Å². The van der Waals surface area contributed by atoms with E-state index in [1.807, 2.05) is 54.5 Å². The summed E-state index contributed by atoms with van der Waals surface area (Å²) in [5.41, 5.74) is 11.8. The quantitative estimate of drug-likeness (QED) is 0.190. The first-order chi connectivity index (χ1) is 23.0. The van der Waals surface area contributed by atoms with Crippen LogP contribution in [0.2, 0.25) is 0 Å². The molecule has 0 fully saturated rings. The summed E-state index contributed by atoms with van der Waals surface area (Å²) in [6, 6.07) is 29.1. The van der Waals surface area contributed by atoms with Crippen LogP contribution in [0.15, 0.2) is 103 Å². The number of benzene rings is 4. The Morgan fingerprint density at radius 1 is 0.667 bits per heavy atom. The molecule has 0 saturated carbocycles. The topological polar surface area (TPSA) is 50.5 Å². The lowest BCUT2D eigenvalue weighted by molar-refractivity contribution is 0.0989. The van der Waals surface area contributed by atoms with Crippen LogP contribution in [0.3, 0.4) is 0 Å². The number of hydrogen-bond acceptors (Lipinski definition) is 2. The minimum absolute atomic E-state index is 0.0873. The van der Waals surface area contributed by atoms with Gasteiger partial charge in [0.15, 0.2) is 0 Å². The van der Waals surface area contributed by atoms with Crippen molar-refractivity contribution in [3.63, 3.8) is 0 Å². The van der Waals surface area contributed by atoms with Crippen molar-refractivity contribution >= 4 is 51.1 Å². The highest BCUT2D eigenvalue weighted by molar-refractivity contribution is 6.11. The molecule has 0 atom stereocenters. The van der Waals surface area contributed by atoms with Gasteiger partial charge in [0.1, 0.15) is 0 Å². The van der Waals surface area contributed by atoms with Crippen LogP contribution in [0.5, 0.6) is 0 Å². The molecule has 2 aromatic heterocycles. The zero-order valence-corrected chi connectivity index (χ0v) is 28.6. The number of nitrogens with zero attached hydrogens (tertiary/aromatic N) is 4. The number of aryl methyl sites for hydroxylation is 2. The Morgan fingerprint density at radius 2 is 1.19 bits per heavy atom. The van der Waals surface area contributed by atoms with E-state index in [4.69, 9.17) is 0 Å². The zero-order valence-electron chi connectivity index (χ0n) is 28.6. The maximum absolute atomic E-state index is 12.9. The maximum Gasteiger partial charge on any atom is 0.258 e. The lowest BCUT2D eigenvalue weighted by Gasteiger charge is -2.16. The number of hydrogen-bond donors (Lipinski definition) is 0. The van der Waals surface area contributed by atoms with Gasteiger partial charge in [0.05, 0.1) is 13.1 Å². The normalized spacial score (nSPS) is 13.7. The van der Waals surface area contributed by atoms with Gasteiger partial charge in [0.25, 0.3) is 11.8 Å². The fourth-order valence-electron chi connectivity index (χ4n) is 6.98. The van der Waals surface area contributed by atoms with Crippen LogP contribution in [0.4, 0.5) is 11.4 Å². The number of rotatable bonds is 5. The minimum atomic E-state index is 0.0873. The fourth-order valence-corrected chi connectivity index (χ4v) is 6.98. The predicted octanol–water partition coefficient (Wildman–Crippen LogP) is 9.30. The summed E-state index contributed by atoms with van der Waals surface area (Å²) >= 11 is 0. The SMILES string of the molecule is CC(C)=Cc1ccc2c(c1)C(=O)N(c1ccc3c(ccn3C)c1)C2.CC(C)Cc1ccc2c(c1)C(=O)N(c1ccc3c(ccn3C)c1)C2. The van der Waals surface area contributed by atoms with E-state index in [9.17, 15) is 9.59 Å². The van der Waals surface area contributed by atoms with E-state index in [1.54, 1.807) is 0 Å². The van der Waals surface area contributed by atoms with Crippen LogP contribution in [-0.4, -0.2) is 20.9 Å². The van der Waals surface area contributed by atoms with Crippen molar-refractivity contribution in [1.29, 1.82) is 0 Å². The van der Waals surface area contributed by atoms with Crippen LogP contribution in [0.1, 0.15) is 70.7 Å². The second-order valence-electron chi connectivity index (χ2n) is 13.8. The van der Waals surface area contributed by atoms with E-state index in [0.717, 1.165) is 51.0 Å². The molecule has 0 spiro atoms. The third kappa shape index (κ3) is 5.83. The first-order valence-corrected chi connectivity index (χ1v) is 16.7. The minimum Gasteiger partial charge on any atom is -0.351 e. The van der Waals surface area contributed by atoms with Crippen molar-refractivity contribution in [2.75, 3.05) is 9.80 Å². The van der Waals surface area contributed by atoms with Gasteiger partial charge in [-0.05, 0) is 109 Å². The second-order valence-corrected chi connectivity index (χ2v) is 13.8. The molecule has 4 heterocycles. The summed E-state index contributed by atoms with van der Waals surface area (Å²) < 4.78 is 4.18. The third-order valence-corrected chi connectivity index (χ3v) is 9.38. The summed E-state index contributed by atoms with van der Waals surface area (Å²) in [5.74, 6) is 0.798. The van der Waals surface area contributed by atoms with Gasteiger partial charge in [-0.1, -0.05) is 49.8 Å². The fraction of sp³-hybridized carbons (Fsp3) is 0.238. The average Bonchev–Trinajstić information content (AvgIpc) is 3.81. The van der Waals surface area contributed by atoms with Crippen molar-refractivity contribution in [2.24, 2.45) is 20.0 Å². The second kappa shape index (κ2) is 12.3. The number of aromatic nitrogens is 2. The summed E-state index contributed by atoms with van der Waals surface area (Å²) in [4.78, 5) is 29.5. The number of fused-ring (bicyclic) bond motifs is 4. The lowest BCUT2D eigenvalue weighted by Crippen LogP contribution is -2.22. The van der Waals surface area contributed by atoms with E-state index < -0.39 is 0 Å². The number of allylic oxidation sites excluding steroid dienone is 1. The Bertz CT molecular complexity index is 2250. The van der Waals surface area contributed by atoms with Crippen LogP contribution < -0.4 is 9.80 Å². The molecule has 6 aromatic rings. The standard InChI is InChI=1S/C21H22N2O.C21H20N2O/c2*1-14(2)10-15-4-5-17-13-23(21(24)19(17)11-15)18-6-7-20-16(12-18)8-9-22(20)3/h4-9,11-12,14H,10,13H2,1-3H3;4-12H,13H2,1-3H3. The lowest BCUT2D eigenvalue weighted by atomic mass is 9.99.